The van der Waals surface area contributed by atoms with Gasteiger partial charge in [0.1, 0.15) is 18.0 Å². The zero-order valence-corrected chi connectivity index (χ0v) is 10.1. The van der Waals surface area contributed by atoms with E-state index in [2.05, 4.69) is 20.6 Å². The first kappa shape index (κ1) is 13.7. The van der Waals surface area contributed by atoms with Crippen molar-refractivity contribution in [3.8, 4) is 0 Å². The molecule has 6 nitrogen and oxygen atoms in total. The van der Waals surface area contributed by atoms with Gasteiger partial charge in [-0.15, -0.1) is 0 Å². The average Bonchev–Trinajstić information content (AvgIpc) is 2.36. The number of hydrogen-bond donors (Lipinski definition) is 3. The number of hydrogen-bond acceptors (Lipinski definition) is 6. The van der Waals surface area contributed by atoms with Gasteiger partial charge in [-0.3, -0.25) is 0 Å². The summed E-state index contributed by atoms with van der Waals surface area (Å²) in [6, 6.07) is 1.85. The summed E-state index contributed by atoms with van der Waals surface area (Å²) in [5, 5.41) is 15.0. The summed E-state index contributed by atoms with van der Waals surface area (Å²) in [6.07, 6.45) is 3.16. The Balaban J connectivity index is 2.31. The number of rotatable bonds is 9. The molecule has 0 saturated heterocycles. The Morgan fingerprint density at radius 2 is 1.82 bits per heavy atom. The third kappa shape index (κ3) is 6.03. The molecule has 0 saturated carbocycles. The van der Waals surface area contributed by atoms with E-state index in [4.69, 9.17) is 9.84 Å². The molecule has 0 aliphatic rings. The molecule has 0 bridgehead atoms. The molecule has 0 unspecified atom stereocenters. The number of methoxy groups -OCH3 is 1. The number of aliphatic hydroxyl groups is 1. The molecule has 1 rings (SSSR count). The molecule has 3 N–H and O–H groups in total. The van der Waals surface area contributed by atoms with Gasteiger partial charge < -0.3 is 20.5 Å². The number of ether oxygens (including phenoxy) is 1. The van der Waals surface area contributed by atoms with Crippen molar-refractivity contribution in [3.63, 3.8) is 0 Å². The molecule has 0 aliphatic heterocycles. The quantitative estimate of drug-likeness (QED) is 0.552. The third-order valence-corrected chi connectivity index (χ3v) is 2.14. The Kier molecular flexibility index (Phi) is 7.01. The van der Waals surface area contributed by atoms with Crippen molar-refractivity contribution in [1.29, 1.82) is 0 Å². The van der Waals surface area contributed by atoms with Gasteiger partial charge in [0.2, 0.25) is 0 Å². The lowest BCUT2D eigenvalue weighted by atomic mass is 10.4. The van der Waals surface area contributed by atoms with Crippen LogP contribution >= 0.6 is 0 Å². The zero-order valence-electron chi connectivity index (χ0n) is 10.1. The molecule has 0 fully saturated rings. The maximum absolute atomic E-state index is 8.67. The van der Waals surface area contributed by atoms with Crippen molar-refractivity contribution in [2.45, 2.75) is 12.8 Å². The van der Waals surface area contributed by atoms with Gasteiger partial charge in [-0.05, 0) is 12.8 Å². The molecule has 0 spiro atoms. The Morgan fingerprint density at radius 3 is 2.41 bits per heavy atom. The average molecular weight is 240 g/mol. The van der Waals surface area contributed by atoms with E-state index in [0.717, 1.165) is 31.2 Å². The number of nitrogens with one attached hydrogen (secondary N) is 2. The number of nitrogens with zero attached hydrogens (tertiary/aromatic N) is 2. The van der Waals surface area contributed by atoms with Crippen LogP contribution in [0.1, 0.15) is 12.8 Å². The second kappa shape index (κ2) is 8.72. The van der Waals surface area contributed by atoms with Crippen LogP contribution in [0.15, 0.2) is 12.4 Å². The minimum absolute atomic E-state index is 0.181. The summed E-state index contributed by atoms with van der Waals surface area (Å²) in [7, 11) is 1.69. The van der Waals surface area contributed by atoms with Gasteiger partial charge in [0, 0.05) is 39.5 Å². The molecule has 0 aliphatic carbocycles. The first-order chi connectivity index (χ1) is 8.36. The standard InChI is InChI=1S/C11H20N4O2/c1-17-7-3-5-13-11-8-10(14-9-15-11)12-4-2-6-16/h8-9,16H,2-7H2,1H3,(H2,12,13,14,15). The van der Waals surface area contributed by atoms with Crippen molar-refractivity contribution >= 4 is 11.6 Å². The first-order valence-electron chi connectivity index (χ1n) is 5.76. The summed E-state index contributed by atoms with van der Waals surface area (Å²) in [5.41, 5.74) is 0. The van der Waals surface area contributed by atoms with Gasteiger partial charge in [-0.1, -0.05) is 0 Å². The number of aliphatic hydroxyl groups excluding tert-OH is 1. The van der Waals surface area contributed by atoms with Gasteiger partial charge >= 0.3 is 0 Å². The molecule has 1 aromatic heterocycles. The zero-order chi connectivity index (χ0) is 12.3. The van der Waals surface area contributed by atoms with E-state index in [1.54, 1.807) is 7.11 Å². The molecule has 1 heterocycles. The van der Waals surface area contributed by atoms with Gasteiger partial charge in [0.05, 0.1) is 0 Å². The van der Waals surface area contributed by atoms with Gasteiger partial charge in [-0.2, -0.15) is 0 Å². The molecule has 17 heavy (non-hydrogen) atoms. The third-order valence-electron chi connectivity index (χ3n) is 2.14. The molecular weight excluding hydrogens is 220 g/mol. The van der Waals surface area contributed by atoms with E-state index in [1.807, 2.05) is 6.07 Å². The van der Waals surface area contributed by atoms with Crippen molar-refractivity contribution in [2.24, 2.45) is 0 Å². The summed E-state index contributed by atoms with van der Waals surface area (Å²) in [6.45, 7) is 2.44. The lowest BCUT2D eigenvalue weighted by Gasteiger charge is -2.07. The fourth-order valence-corrected chi connectivity index (χ4v) is 1.28. The highest BCUT2D eigenvalue weighted by molar-refractivity contribution is 5.46. The van der Waals surface area contributed by atoms with E-state index in [1.165, 1.54) is 6.33 Å². The van der Waals surface area contributed by atoms with Crippen LogP contribution in [0.4, 0.5) is 11.6 Å². The van der Waals surface area contributed by atoms with Crippen LogP contribution in [0.2, 0.25) is 0 Å². The van der Waals surface area contributed by atoms with E-state index >= 15 is 0 Å². The molecule has 0 atom stereocenters. The monoisotopic (exact) mass is 240 g/mol. The minimum atomic E-state index is 0.181. The topological polar surface area (TPSA) is 79.3 Å². The maximum atomic E-state index is 8.67. The Bertz CT molecular complexity index is 309. The van der Waals surface area contributed by atoms with E-state index < -0.39 is 0 Å². The first-order valence-corrected chi connectivity index (χ1v) is 5.76. The van der Waals surface area contributed by atoms with Crippen LogP contribution in [0.25, 0.3) is 0 Å². The van der Waals surface area contributed by atoms with Crippen molar-refractivity contribution in [3.05, 3.63) is 12.4 Å². The highest BCUT2D eigenvalue weighted by Gasteiger charge is 1.97. The van der Waals surface area contributed by atoms with Crippen LogP contribution in [0.3, 0.4) is 0 Å². The fourth-order valence-electron chi connectivity index (χ4n) is 1.28. The smallest absolute Gasteiger partial charge is 0.131 e. The molecule has 1 aromatic rings. The summed E-state index contributed by atoms with van der Waals surface area (Å²) in [4.78, 5) is 8.20. The SMILES string of the molecule is COCCCNc1cc(NCCCO)ncn1. The van der Waals surface area contributed by atoms with Gasteiger partial charge in [0.25, 0.3) is 0 Å². The van der Waals surface area contributed by atoms with Crippen molar-refractivity contribution in [1.82, 2.24) is 9.97 Å². The Hall–Kier alpha value is -1.40. The van der Waals surface area contributed by atoms with E-state index in [-0.39, 0.29) is 6.61 Å². The van der Waals surface area contributed by atoms with E-state index in [9.17, 15) is 0 Å². The minimum Gasteiger partial charge on any atom is -0.396 e. The predicted molar refractivity (Wildman–Crippen MR) is 67.2 cm³/mol. The van der Waals surface area contributed by atoms with Crippen molar-refractivity contribution in [2.75, 3.05) is 44.0 Å². The largest absolute Gasteiger partial charge is 0.396 e. The summed E-state index contributed by atoms with van der Waals surface area (Å²) in [5.74, 6) is 1.56. The molecular formula is C11H20N4O2. The fraction of sp³-hybridized carbons (Fsp3) is 0.636. The van der Waals surface area contributed by atoms with Crippen LogP contribution < -0.4 is 10.6 Å². The molecule has 6 heteroatoms. The summed E-state index contributed by atoms with van der Waals surface area (Å²) < 4.78 is 4.96. The van der Waals surface area contributed by atoms with Gasteiger partial charge in [0.15, 0.2) is 0 Å². The normalized spacial score (nSPS) is 10.2. The van der Waals surface area contributed by atoms with Crippen LogP contribution in [0.5, 0.6) is 0 Å². The Labute approximate surface area is 101 Å². The molecule has 96 valence electrons. The highest BCUT2D eigenvalue weighted by Crippen LogP contribution is 2.08. The van der Waals surface area contributed by atoms with Gasteiger partial charge in [-0.25, -0.2) is 9.97 Å². The van der Waals surface area contributed by atoms with Crippen LogP contribution in [-0.2, 0) is 4.74 Å². The summed E-state index contributed by atoms with van der Waals surface area (Å²) >= 11 is 0. The highest BCUT2D eigenvalue weighted by atomic mass is 16.5. The predicted octanol–water partition coefficient (Wildman–Crippen LogP) is 0.719. The lowest BCUT2D eigenvalue weighted by molar-refractivity contribution is 0.198. The molecule has 0 amide bonds. The second-order valence-electron chi connectivity index (χ2n) is 3.57. The van der Waals surface area contributed by atoms with E-state index in [0.29, 0.717) is 13.0 Å². The van der Waals surface area contributed by atoms with Crippen LogP contribution in [-0.4, -0.2) is 48.5 Å². The second-order valence-corrected chi connectivity index (χ2v) is 3.57. The lowest BCUT2D eigenvalue weighted by Crippen LogP contribution is -2.08. The van der Waals surface area contributed by atoms with Crippen LogP contribution in [0, 0.1) is 0 Å². The number of anilines is 2. The molecule has 0 radical (unpaired) electrons. The maximum Gasteiger partial charge on any atom is 0.131 e. The number of aromatic nitrogens is 2. The van der Waals surface area contributed by atoms with Crippen molar-refractivity contribution < 1.29 is 9.84 Å². The molecule has 0 aromatic carbocycles. The Morgan fingerprint density at radius 1 is 1.18 bits per heavy atom.